The molecule has 2 atom stereocenters. The van der Waals surface area contributed by atoms with Crippen LogP contribution >= 0.6 is 24.2 Å². The molecule has 0 aromatic rings. The first-order chi connectivity index (χ1) is 8.22. The average Bonchev–Trinajstić information content (AvgIpc) is 2.22. The Hall–Kier alpha value is 0.0700. The molecule has 114 valence electrons. The second kappa shape index (κ2) is 7.75. The zero-order valence-electron chi connectivity index (χ0n) is 12.6. The molecule has 3 nitrogen and oxygen atoms in total. The molecule has 1 amide bonds. The third-order valence-electron chi connectivity index (χ3n) is 3.51. The number of halogens is 1. The van der Waals surface area contributed by atoms with Crippen molar-refractivity contribution < 1.29 is 4.79 Å². The normalized spacial score (nSPS) is 27.5. The summed E-state index contributed by atoms with van der Waals surface area (Å²) in [5.74, 6) is 1.10. The fourth-order valence-corrected chi connectivity index (χ4v) is 3.26. The second-order valence-electron chi connectivity index (χ2n) is 6.56. The van der Waals surface area contributed by atoms with E-state index in [0.717, 1.165) is 38.0 Å². The van der Waals surface area contributed by atoms with E-state index in [9.17, 15) is 4.79 Å². The third kappa shape index (κ3) is 6.87. The van der Waals surface area contributed by atoms with Gasteiger partial charge in [-0.1, -0.05) is 33.6 Å². The molecule has 0 aromatic carbocycles. The zero-order chi connectivity index (χ0) is 13.8. The lowest BCUT2D eigenvalue weighted by Crippen LogP contribution is -2.53. The Morgan fingerprint density at radius 2 is 2.05 bits per heavy atom. The van der Waals surface area contributed by atoms with E-state index in [2.05, 4.69) is 26.1 Å². The summed E-state index contributed by atoms with van der Waals surface area (Å²) in [6.07, 6.45) is 4.17. The van der Waals surface area contributed by atoms with Crippen LogP contribution in [0, 0.1) is 5.92 Å². The zero-order valence-corrected chi connectivity index (χ0v) is 14.3. The predicted octanol–water partition coefficient (Wildman–Crippen LogP) is 2.96. The van der Waals surface area contributed by atoms with E-state index >= 15 is 0 Å². The summed E-state index contributed by atoms with van der Waals surface area (Å²) in [4.78, 5) is 12.1. The second-order valence-corrected chi connectivity index (χ2v) is 8.48. The van der Waals surface area contributed by atoms with Crippen LogP contribution < -0.4 is 11.1 Å². The molecule has 1 fully saturated rings. The molecule has 3 N–H and O–H groups in total. The standard InChI is InChI=1S/C14H28N2OS.ClH/c1-13(2,3)18-10-9-16-12(17)11-7-5-6-8-14(11,4)15;/h11H,5-10,15H2,1-4H3,(H,16,17);1H. The largest absolute Gasteiger partial charge is 0.355 e. The van der Waals surface area contributed by atoms with Crippen LogP contribution in [0.25, 0.3) is 0 Å². The van der Waals surface area contributed by atoms with E-state index in [1.165, 1.54) is 0 Å². The number of carbonyl (C=O) groups is 1. The third-order valence-corrected chi connectivity index (χ3v) is 4.78. The molecule has 19 heavy (non-hydrogen) atoms. The van der Waals surface area contributed by atoms with Crippen LogP contribution in [-0.4, -0.2) is 28.5 Å². The van der Waals surface area contributed by atoms with E-state index in [0.29, 0.717) is 0 Å². The number of carbonyl (C=O) groups excluding carboxylic acids is 1. The lowest BCUT2D eigenvalue weighted by molar-refractivity contribution is -0.127. The van der Waals surface area contributed by atoms with Crippen LogP contribution in [0.15, 0.2) is 0 Å². The van der Waals surface area contributed by atoms with Crippen LogP contribution in [-0.2, 0) is 4.79 Å². The van der Waals surface area contributed by atoms with Gasteiger partial charge in [0.25, 0.3) is 0 Å². The Bertz CT molecular complexity index is 290. The Morgan fingerprint density at radius 1 is 1.42 bits per heavy atom. The minimum absolute atomic E-state index is 0. The fraction of sp³-hybridized carbons (Fsp3) is 0.929. The lowest BCUT2D eigenvalue weighted by Gasteiger charge is -2.37. The van der Waals surface area contributed by atoms with Gasteiger partial charge in [-0.25, -0.2) is 0 Å². The maximum atomic E-state index is 12.1. The SMILES string of the molecule is CC(C)(C)SCCNC(=O)C1CCCCC1(C)N.Cl. The number of hydrogen-bond donors (Lipinski definition) is 2. The molecule has 1 aliphatic carbocycles. The first-order valence-electron chi connectivity index (χ1n) is 6.93. The fourth-order valence-electron chi connectivity index (χ4n) is 2.44. The Morgan fingerprint density at radius 3 is 2.58 bits per heavy atom. The van der Waals surface area contributed by atoms with Crippen LogP contribution in [0.3, 0.4) is 0 Å². The summed E-state index contributed by atoms with van der Waals surface area (Å²) in [5, 5.41) is 3.04. The van der Waals surface area contributed by atoms with Gasteiger partial charge in [-0.05, 0) is 19.8 Å². The van der Waals surface area contributed by atoms with Crippen molar-refractivity contribution in [2.45, 2.75) is 63.7 Å². The molecular weight excluding hydrogens is 280 g/mol. The molecule has 0 bridgehead atoms. The first kappa shape index (κ1) is 19.1. The van der Waals surface area contributed by atoms with Gasteiger partial charge >= 0.3 is 0 Å². The van der Waals surface area contributed by atoms with Crippen LogP contribution in [0.1, 0.15) is 53.4 Å². The molecule has 0 radical (unpaired) electrons. The number of nitrogens with one attached hydrogen (secondary N) is 1. The van der Waals surface area contributed by atoms with Crippen molar-refractivity contribution in [3.05, 3.63) is 0 Å². The molecule has 1 saturated carbocycles. The quantitative estimate of drug-likeness (QED) is 0.785. The van der Waals surface area contributed by atoms with E-state index in [4.69, 9.17) is 5.73 Å². The average molecular weight is 309 g/mol. The van der Waals surface area contributed by atoms with E-state index in [1.807, 2.05) is 18.7 Å². The van der Waals surface area contributed by atoms with Gasteiger partial charge in [-0.2, -0.15) is 11.8 Å². The molecular formula is C14H29ClN2OS. The highest BCUT2D eigenvalue weighted by atomic mass is 35.5. The van der Waals surface area contributed by atoms with Gasteiger partial charge in [0.05, 0.1) is 5.92 Å². The highest BCUT2D eigenvalue weighted by molar-refractivity contribution is 8.00. The van der Waals surface area contributed by atoms with Crippen molar-refractivity contribution in [3.8, 4) is 0 Å². The molecule has 0 aromatic heterocycles. The van der Waals surface area contributed by atoms with Crippen molar-refractivity contribution >= 4 is 30.1 Å². The van der Waals surface area contributed by atoms with Crippen molar-refractivity contribution in [1.82, 2.24) is 5.32 Å². The minimum atomic E-state index is -0.320. The van der Waals surface area contributed by atoms with Gasteiger partial charge in [-0.15, -0.1) is 12.4 Å². The summed E-state index contributed by atoms with van der Waals surface area (Å²) < 4.78 is 0.262. The summed E-state index contributed by atoms with van der Waals surface area (Å²) >= 11 is 1.88. The Labute approximate surface area is 128 Å². The molecule has 0 saturated heterocycles. The van der Waals surface area contributed by atoms with Crippen LogP contribution in [0.5, 0.6) is 0 Å². The number of rotatable bonds is 4. The summed E-state index contributed by atoms with van der Waals surface area (Å²) in [6.45, 7) is 9.33. The Balaban J connectivity index is 0.00000324. The molecule has 2 unspecified atom stereocenters. The van der Waals surface area contributed by atoms with Gasteiger partial charge in [0.1, 0.15) is 0 Å². The highest BCUT2D eigenvalue weighted by Crippen LogP contribution is 2.31. The number of thioether (sulfide) groups is 1. The van der Waals surface area contributed by atoms with Crippen molar-refractivity contribution in [1.29, 1.82) is 0 Å². The summed E-state index contributed by atoms with van der Waals surface area (Å²) in [5.41, 5.74) is 5.91. The first-order valence-corrected chi connectivity index (χ1v) is 7.91. The van der Waals surface area contributed by atoms with E-state index < -0.39 is 0 Å². The van der Waals surface area contributed by atoms with Crippen molar-refractivity contribution in [2.75, 3.05) is 12.3 Å². The minimum Gasteiger partial charge on any atom is -0.355 e. The predicted molar refractivity (Wildman–Crippen MR) is 87.0 cm³/mol. The number of hydrogen-bond acceptors (Lipinski definition) is 3. The highest BCUT2D eigenvalue weighted by Gasteiger charge is 2.37. The molecule has 0 aliphatic heterocycles. The van der Waals surface area contributed by atoms with E-state index in [1.54, 1.807) is 0 Å². The molecule has 1 rings (SSSR count). The molecule has 5 heteroatoms. The van der Waals surface area contributed by atoms with Gasteiger partial charge in [0.15, 0.2) is 0 Å². The smallest absolute Gasteiger partial charge is 0.224 e. The maximum absolute atomic E-state index is 12.1. The monoisotopic (exact) mass is 308 g/mol. The van der Waals surface area contributed by atoms with Gasteiger partial charge in [0.2, 0.25) is 5.91 Å². The molecule has 0 heterocycles. The number of amides is 1. The lowest BCUT2D eigenvalue weighted by atomic mass is 9.74. The van der Waals surface area contributed by atoms with Gasteiger partial charge in [0, 0.05) is 22.6 Å². The molecule has 0 spiro atoms. The van der Waals surface area contributed by atoms with Crippen LogP contribution in [0.4, 0.5) is 0 Å². The van der Waals surface area contributed by atoms with Gasteiger partial charge < -0.3 is 11.1 Å². The Kier molecular flexibility index (Phi) is 7.78. The molecule has 1 aliphatic rings. The van der Waals surface area contributed by atoms with Crippen LogP contribution in [0.2, 0.25) is 0 Å². The summed E-state index contributed by atoms with van der Waals surface area (Å²) in [7, 11) is 0. The summed E-state index contributed by atoms with van der Waals surface area (Å²) in [6, 6.07) is 0. The van der Waals surface area contributed by atoms with Crippen molar-refractivity contribution in [2.24, 2.45) is 11.7 Å². The number of nitrogens with two attached hydrogens (primary N) is 1. The maximum Gasteiger partial charge on any atom is 0.224 e. The van der Waals surface area contributed by atoms with Gasteiger partial charge in [-0.3, -0.25) is 4.79 Å². The van der Waals surface area contributed by atoms with Crippen molar-refractivity contribution in [3.63, 3.8) is 0 Å². The van der Waals surface area contributed by atoms with E-state index in [-0.39, 0.29) is 34.5 Å². The topological polar surface area (TPSA) is 55.1 Å².